The Morgan fingerprint density at radius 1 is 1.08 bits per heavy atom. The average Bonchev–Trinajstić information content (AvgIpc) is 2.93. The lowest BCUT2D eigenvalue weighted by atomic mass is 9.76. The van der Waals surface area contributed by atoms with Crippen molar-refractivity contribution in [2.75, 3.05) is 6.54 Å². The van der Waals surface area contributed by atoms with Crippen molar-refractivity contribution < 1.29 is 4.79 Å². The highest BCUT2D eigenvalue weighted by molar-refractivity contribution is 6.33. The van der Waals surface area contributed by atoms with Gasteiger partial charge in [-0.1, -0.05) is 72.3 Å². The lowest BCUT2D eigenvalue weighted by Gasteiger charge is -2.31. The topological polar surface area (TPSA) is 46.9 Å². The van der Waals surface area contributed by atoms with Crippen molar-refractivity contribution in [2.24, 2.45) is 7.05 Å². The van der Waals surface area contributed by atoms with E-state index in [1.165, 1.54) is 4.68 Å². The van der Waals surface area contributed by atoms with Crippen molar-refractivity contribution in [2.45, 2.75) is 19.3 Å². The smallest absolute Gasteiger partial charge is 0.256 e. The van der Waals surface area contributed by atoms with Crippen LogP contribution in [0.3, 0.4) is 0 Å². The number of amides is 1. The van der Waals surface area contributed by atoms with Crippen LogP contribution in [0.15, 0.2) is 60.7 Å². The second kappa shape index (κ2) is 7.34. The fourth-order valence-electron chi connectivity index (χ4n) is 3.22. The van der Waals surface area contributed by atoms with Crippen molar-refractivity contribution in [1.29, 1.82) is 0 Å². The number of rotatable bonds is 5. The van der Waals surface area contributed by atoms with E-state index in [1.807, 2.05) is 36.4 Å². The molecule has 0 saturated heterocycles. The van der Waals surface area contributed by atoms with Gasteiger partial charge in [-0.3, -0.25) is 9.48 Å². The molecule has 4 nitrogen and oxygen atoms in total. The SMILES string of the molecule is Cc1nn(C)c(Cl)c1C(=O)NCC(C)(c1ccccc1)c1ccccc1. The van der Waals surface area contributed by atoms with Gasteiger partial charge in [0.05, 0.1) is 11.3 Å². The number of carbonyl (C=O) groups excluding carboxylic acids is 1. The van der Waals surface area contributed by atoms with Gasteiger partial charge in [-0.25, -0.2) is 0 Å². The van der Waals surface area contributed by atoms with Crippen molar-refractivity contribution in [3.05, 3.63) is 88.2 Å². The van der Waals surface area contributed by atoms with E-state index in [9.17, 15) is 4.79 Å². The summed E-state index contributed by atoms with van der Waals surface area (Å²) in [4.78, 5) is 12.8. The molecule has 0 unspecified atom stereocenters. The van der Waals surface area contributed by atoms with E-state index in [0.29, 0.717) is 23.0 Å². The van der Waals surface area contributed by atoms with E-state index in [-0.39, 0.29) is 11.3 Å². The molecule has 0 radical (unpaired) electrons. The number of aromatic nitrogens is 2. The number of nitrogens with zero attached hydrogens (tertiary/aromatic N) is 2. The maximum absolute atomic E-state index is 12.8. The Morgan fingerprint density at radius 2 is 1.58 bits per heavy atom. The van der Waals surface area contributed by atoms with E-state index in [4.69, 9.17) is 11.6 Å². The number of carbonyl (C=O) groups is 1. The normalized spacial score (nSPS) is 11.4. The van der Waals surface area contributed by atoms with Gasteiger partial charge in [0, 0.05) is 19.0 Å². The predicted molar refractivity (Wildman–Crippen MR) is 105 cm³/mol. The molecule has 0 saturated carbocycles. The number of nitrogens with one attached hydrogen (secondary N) is 1. The summed E-state index contributed by atoms with van der Waals surface area (Å²) in [5.41, 5.74) is 2.97. The summed E-state index contributed by atoms with van der Waals surface area (Å²) in [7, 11) is 1.73. The Bertz CT molecular complexity index is 864. The van der Waals surface area contributed by atoms with Gasteiger partial charge in [0.1, 0.15) is 5.15 Å². The summed E-state index contributed by atoms with van der Waals surface area (Å²) in [6.45, 7) is 4.37. The molecular formula is C21H22ClN3O. The highest BCUT2D eigenvalue weighted by atomic mass is 35.5. The molecule has 0 spiro atoms. The van der Waals surface area contributed by atoms with E-state index < -0.39 is 0 Å². The number of benzene rings is 2. The van der Waals surface area contributed by atoms with Crippen LogP contribution in [0, 0.1) is 6.92 Å². The van der Waals surface area contributed by atoms with Crippen LogP contribution in [0.5, 0.6) is 0 Å². The first-order chi connectivity index (χ1) is 12.4. The van der Waals surface area contributed by atoms with Crippen LogP contribution in [-0.2, 0) is 12.5 Å². The molecular weight excluding hydrogens is 346 g/mol. The van der Waals surface area contributed by atoms with Gasteiger partial charge in [-0.2, -0.15) is 5.10 Å². The minimum Gasteiger partial charge on any atom is -0.351 e. The summed E-state index contributed by atoms with van der Waals surface area (Å²) in [6.07, 6.45) is 0. The fourth-order valence-corrected chi connectivity index (χ4v) is 3.48. The molecule has 1 heterocycles. The fraction of sp³-hybridized carbons (Fsp3) is 0.238. The number of aryl methyl sites for hydroxylation is 2. The standard InChI is InChI=1S/C21H22ClN3O/c1-15-18(19(22)25(3)24-15)20(26)23-14-21(2,16-10-6-4-7-11-16)17-12-8-5-9-13-17/h4-13H,14H2,1-3H3,(H,23,26). The first-order valence-corrected chi connectivity index (χ1v) is 8.89. The molecule has 0 aliphatic rings. The van der Waals surface area contributed by atoms with Gasteiger partial charge in [0.2, 0.25) is 0 Å². The first-order valence-electron chi connectivity index (χ1n) is 8.52. The number of hydrogen-bond donors (Lipinski definition) is 1. The molecule has 2 aromatic carbocycles. The Labute approximate surface area is 158 Å². The summed E-state index contributed by atoms with van der Waals surface area (Å²) in [6, 6.07) is 20.4. The molecule has 0 fully saturated rings. The monoisotopic (exact) mass is 367 g/mol. The van der Waals surface area contributed by atoms with E-state index in [0.717, 1.165) is 11.1 Å². The molecule has 134 valence electrons. The Hall–Kier alpha value is -2.59. The predicted octanol–water partition coefficient (Wildman–Crippen LogP) is 4.12. The highest BCUT2D eigenvalue weighted by Crippen LogP contribution is 2.31. The van der Waals surface area contributed by atoms with Gasteiger partial charge in [-0.05, 0) is 25.0 Å². The molecule has 1 amide bonds. The van der Waals surface area contributed by atoms with Gasteiger partial charge in [0.15, 0.2) is 0 Å². The van der Waals surface area contributed by atoms with Crippen LogP contribution in [0.25, 0.3) is 0 Å². The molecule has 0 aliphatic heterocycles. The van der Waals surface area contributed by atoms with E-state index in [1.54, 1.807) is 14.0 Å². The molecule has 0 bridgehead atoms. The molecule has 1 aromatic heterocycles. The van der Waals surface area contributed by atoms with E-state index >= 15 is 0 Å². The summed E-state index contributed by atoms with van der Waals surface area (Å²) < 4.78 is 1.51. The molecule has 3 rings (SSSR count). The second-order valence-corrected chi connectivity index (χ2v) is 6.98. The number of halogens is 1. The Kier molecular flexibility index (Phi) is 5.14. The van der Waals surface area contributed by atoms with Gasteiger partial charge >= 0.3 is 0 Å². The molecule has 5 heteroatoms. The quantitative estimate of drug-likeness (QED) is 0.737. The average molecular weight is 368 g/mol. The van der Waals surface area contributed by atoms with E-state index in [2.05, 4.69) is 41.6 Å². The maximum atomic E-state index is 12.8. The minimum absolute atomic E-state index is 0.210. The zero-order valence-electron chi connectivity index (χ0n) is 15.2. The van der Waals surface area contributed by atoms with Crippen LogP contribution < -0.4 is 5.32 Å². The molecule has 0 atom stereocenters. The lowest BCUT2D eigenvalue weighted by Crippen LogP contribution is -2.39. The van der Waals surface area contributed by atoms with Gasteiger partial charge in [-0.15, -0.1) is 0 Å². The summed E-state index contributed by atoms with van der Waals surface area (Å²) in [5, 5.41) is 7.62. The molecule has 1 N–H and O–H groups in total. The molecule has 3 aromatic rings. The largest absolute Gasteiger partial charge is 0.351 e. The van der Waals surface area contributed by atoms with Crippen LogP contribution in [-0.4, -0.2) is 22.2 Å². The number of hydrogen-bond acceptors (Lipinski definition) is 2. The summed E-state index contributed by atoms with van der Waals surface area (Å²) >= 11 is 6.23. The van der Waals surface area contributed by atoms with Crippen molar-refractivity contribution in [3.8, 4) is 0 Å². The van der Waals surface area contributed by atoms with Crippen molar-refractivity contribution in [1.82, 2.24) is 15.1 Å². The minimum atomic E-state index is -0.360. The van der Waals surface area contributed by atoms with Crippen LogP contribution in [0.2, 0.25) is 5.15 Å². The van der Waals surface area contributed by atoms with Crippen molar-refractivity contribution in [3.63, 3.8) is 0 Å². The van der Waals surface area contributed by atoms with Gasteiger partial charge in [0.25, 0.3) is 5.91 Å². The lowest BCUT2D eigenvalue weighted by molar-refractivity contribution is 0.0947. The van der Waals surface area contributed by atoms with Gasteiger partial charge < -0.3 is 5.32 Å². The first kappa shape index (κ1) is 18.2. The molecule has 0 aliphatic carbocycles. The third-order valence-electron chi connectivity index (χ3n) is 4.80. The van der Waals surface area contributed by atoms with Crippen LogP contribution in [0.1, 0.15) is 34.1 Å². The second-order valence-electron chi connectivity index (χ2n) is 6.62. The summed E-state index contributed by atoms with van der Waals surface area (Å²) in [5.74, 6) is -0.210. The highest BCUT2D eigenvalue weighted by Gasteiger charge is 2.30. The zero-order chi connectivity index (χ0) is 18.7. The van der Waals surface area contributed by atoms with Crippen LogP contribution >= 0.6 is 11.6 Å². The van der Waals surface area contributed by atoms with Crippen LogP contribution in [0.4, 0.5) is 0 Å². The third kappa shape index (κ3) is 3.37. The molecule has 26 heavy (non-hydrogen) atoms. The zero-order valence-corrected chi connectivity index (χ0v) is 15.9. The maximum Gasteiger partial charge on any atom is 0.256 e. The van der Waals surface area contributed by atoms with Crippen molar-refractivity contribution >= 4 is 17.5 Å². The Morgan fingerprint density at radius 3 is 2.00 bits per heavy atom. The third-order valence-corrected chi connectivity index (χ3v) is 5.24. The Balaban J connectivity index is 1.91.